The number of hydrogen-bond acceptors (Lipinski definition) is 5. The molecule has 0 fully saturated rings. The van der Waals surface area contributed by atoms with E-state index in [1.54, 1.807) is 60.7 Å². The van der Waals surface area contributed by atoms with Crippen LogP contribution in [0, 0.1) is 0 Å². The molecule has 5 rings (SSSR count). The second-order valence-electron chi connectivity index (χ2n) is 6.66. The number of aromatic amines is 2. The van der Waals surface area contributed by atoms with Gasteiger partial charge in [-0.25, -0.2) is 4.98 Å². The van der Waals surface area contributed by atoms with E-state index in [9.17, 15) is 9.90 Å². The Morgan fingerprint density at radius 3 is 2.48 bits per heavy atom. The maximum absolute atomic E-state index is 12.6. The summed E-state index contributed by atoms with van der Waals surface area (Å²) in [4.78, 5) is 22.9. The molecule has 5 N–H and O–H groups in total. The van der Waals surface area contributed by atoms with Crippen LogP contribution in [0.15, 0.2) is 71.5 Å². The first-order valence-electron chi connectivity index (χ1n) is 8.96. The van der Waals surface area contributed by atoms with Gasteiger partial charge < -0.3 is 25.5 Å². The predicted molar refractivity (Wildman–Crippen MR) is 112 cm³/mol. The minimum absolute atomic E-state index is 0.0981. The molecule has 0 aliphatic carbocycles. The van der Waals surface area contributed by atoms with Crippen molar-refractivity contribution in [1.82, 2.24) is 15.0 Å². The lowest BCUT2D eigenvalue weighted by molar-refractivity contribution is 0.482. The minimum Gasteiger partial charge on any atom is -0.506 e. The number of aromatic nitrogens is 3. The number of aromatic hydroxyl groups is 1. The van der Waals surface area contributed by atoms with Crippen LogP contribution >= 0.6 is 0 Å². The molecule has 0 aliphatic heterocycles. The van der Waals surface area contributed by atoms with Crippen molar-refractivity contribution in [3.8, 4) is 28.6 Å². The number of para-hydroxylation sites is 1. The molecule has 0 radical (unpaired) electrons. The zero-order chi connectivity index (χ0) is 20.0. The summed E-state index contributed by atoms with van der Waals surface area (Å²) in [6, 6.07) is 19.5. The molecule has 0 atom stereocenters. The first-order valence-corrected chi connectivity index (χ1v) is 8.96. The Kier molecular flexibility index (Phi) is 3.74. The number of rotatable bonds is 3. The highest BCUT2D eigenvalue weighted by atomic mass is 16.5. The monoisotopic (exact) mass is 384 g/mol. The summed E-state index contributed by atoms with van der Waals surface area (Å²) in [6.45, 7) is 0. The standard InChI is InChI=1S/C22H16N4O3/c23-12-5-7-13(8-6-12)29-14-9-10-17-18(11-14)25-21(24-17)19-20(27)15-3-1-2-4-16(15)26-22(19)28/h1-11H,23H2,(H,24,25)(H2,26,27,28). The van der Waals surface area contributed by atoms with Gasteiger partial charge in [0.15, 0.2) is 0 Å². The number of nitrogens with zero attached hydrogens (tertiary/aromatic N) is 1. The van der Waals surface area contributed by atoms with Crippen LogP contribution in [-0.2, 0) is 0 Å². The van der Waals surface area contributed by atoms with Crippen molar-refractivity contribution in [1.29, 1.82) is 0 Å². The Morgan fingerprint density at radius 2 is 1.66 bits per heavy atom. The highest BCUT2D eigenvalue weighted by Crippen LogP contribution is 2.32. The molecule has 2 heterocycles. The molecule has 0 unspecified atom stereocenters. The fourth-order valence-corrected chi connectivity index (χ4v) is 3.28. The lowest BCUT2D eigenvalue weighted by Gasteiger charge is -2.05. The third kappa shape index (κ3) is 2.94. The van der Waals surface area contributed by atoms with Gasteiger partial charge in [-0.2, -0.15) is 0 Å². The number of anilines is 1. The number of nitrogen functional groups attached to an aromatic ring is 1. The highest BCUT2D eigenvalue weighted by molar-refractivity contribution is 5.92. The van der Waals surface area contributed by atoms with E-state index >= 15 is 0 Å². The fourth-order valence-electron chi connectivity index (χ4n) is 3.28. The molecule has 0 amide bonds. The maximum atomic E-state index is 12.6. The van der Waals surface area contributed by atoms with Gasteiger partial charge in [0.1, 0.15) is 28.6 Å². The normalized spacial score (nSPS) is 11.2. The van der Waals surface area contributed by atoms with Gasteiger partial charge in [0.05, 0.1) is 16.6 Å². The summed E-state index contributed by atoms with van der Waals surface area (Å²) in [6.07, 6.45) is 0. The van der Waals surface area contributed by atoms with Crippen molar-refractivity contribution >= 4 is 27.6 Å². The average Bonchev–Trinajstić information content (AvgIpc) is 3.12. The van der Waals surface area contributed by atoms with Gasteiger partial charge >= 0.3 is 0 Å². The van der Waals surface area contributed by atoms with Gasteiger partial charge in [-0.05, 0) is 48.5 Å². The third-order valence-corrected chi connectivity index (χ3v) is 4.70. The summed E-state index contributed by atoms with van der Waals surface area (Å²) in [5.41, 5.74) is 7.92. The number of H-pyrrole nitrogens is 2. The largest absolute Gasteiger partial charge is 0.506 e. The summed E-state index contributed by atoms with van der Waals surface area (Å²) in [7, 11) is 0. The first-order chi connectivity index (χ1) is 14.1. The van der Waals surface area contributed by atoms with E-state index in [4.69, 9.17) is 10.5 Å². The van der Waals surface area contributed by atoms with E-state index in [2.05, 4.69) is 15.0 Å². The Hall–Kier alpha value is -4.26. The smallest absolute Gasteiger partial charge is 0.263 e. The predicted octanol–water partition coefficient (Wildman–Crippen LogP) is 4.15. The Bertz CT molecular complexity index is 1420. The molecule has 0 saturated heterocycles. The molecular formula is C22H16N4O3. The lowest BCUT2D eigenvalue weighted by Crippen LogP contribution is -2.10. The summed E-state index contributed by atoms with van der Waals surface area (Å²) >= 11 is 0. The second kappa shape index (κ2) is 6.42. The number of nitrogens with one attached hydrogen (secondary N) is 2. The quantitative estimate of drug-likeness (QED) is 0.349. The highest BCUT2D eigenvalue weighted by Gasteiger charge is 2.17. The molecular weight excluding hydrogens is 368 g/mol. The fraction of sp³-hybridized carbons (Fsp3) is 0. The topological polar surface area (TPSA) is 117 Å². The number of pyridine rings is 1. The van der Waals surface area contributed by atoms with E-state index in [0.717, 1.165) is 5.52 Å². The van der Waals surface area contributed by atoms with Crippen molar-refractivity contribution in [2.75, 3.05) is 5.73 Å². The zero-order valence-electron chi connectivity index (χ0n) is 15.1. The van der Waals surface area contributed by atoms with E-state index in [-0.39, 0.29) is 17.1 Å². The van der Waals surface area contributed by atoms with Crippen molar-refractivity contribution in [3.63, 3.8) is 0 Å². The van der Waals surface area contributed by atoms with Crippen LogP contribution in [0.1, 0.15) is 0 Å². The average molecular weight is 384 g/mol. The van der Waals surface area contributed by atoms with Gasteiger partial charge in [0.2, 0.25) is 0 Å². The molecule has 29 heavy (non-hydrogen) atoms. The molecule has 7 heteroatoms. The van der Waals surface area contributed by atoms with E-state index in [1.807, 2.05) is 6.07 Å². The van der Waals surface area contributed by atoms with E-state index in [1.165, 1.54) is 0 Å². The molecule has 0 saturated carbocycles. The molecule has 2 aromatic heterocycles. The van der Waals surface area contributed by atoms with Crippen LogP contribution in [-0.4, -0.2) is 20.1 Å². The Labute approximate surface area is 164 Å². The van der Waals surface area contributed by atoms with Crippen LogP contribution in [0.25, 0.3) is 33.3 Å². The summed E-state index contributed by atoms with van der Waals surface area (Å²) in [5.74, 6) is 1.42. The van der Waals surface area contributed by atoms with Crippen molar-refractivity contribution < 1.29 is 9.84 Å². The first kappa shape index (κ1) is 16.9. The van der Waals surface area contributed by atoms with Crippen LogP contribution < -0.4 is 16.0 Å². The summed E-state index contributed by atoms with van der Waals surface area (Å²) < 4.78 is 5.83. The van der Waals surface area contributed by atoms with Crippen molar-refractivity contribution in [3.05, 3.63) is 77.1 Å². The number of fused-ring (bicyclic) bond motifs is 2. The van der Waals surface area contributed by atoms with Crippen LogP contribution in [0.3, 0.4) is 0 Å². The van der Waals surface area contributed by atoms with Crippen LogP contribution in [0.4, 0.5) is 5.69 Å². The molecule has 7 nitrogen and oxygen atoms in total. The number of benzene rings is 3. The van der Waals surface area contributed by atoms with E-state index < -0.39 is 5.56 Å². The van der Waals surface area contributed by atoms with E-state index in [0.29, 0.717) is 33.6 Å². The lowest BCUT2D eigenvalue weighted by atomic mass is 10.1. The van der Waals surface area contributed by atoms with Gasteiger partial charge in [-0.15, -0.1) is 0 Å². The molecule has 0 spiro atoms. The zero-order valence-corrected chi connectivity index (χ0v) is 15.1. The minimum atomic E-state index is -0.418. The third-order valence-electron chi connectivity index (χ3n) is 4.70. The van der Waals surface area contributed by atoms with Gasteiger partial charge in [0, 0.05) is 17.1 Å². The van der Waals surface area contributed by atoms with Gasteiger partial charge in [-0.3, -0.25) is 4.79 Å². The molecule has 0 bridgehead atoms. The number of hydrogen-bond donors (Lipinski definition) is 4. The maximum Gasteiger partial charge on any atom is 0.263 e. The SMILES string of the molecule is Nc1ccc(Oc2ccc3[nH]c(-c4c(O)c5ccccc5[nH]c4=O)nc3c2)cc1. The van der Waals surface area contributed by atoms with Crippen molar-refractivity contribution in [2.45, 2.75) is 0 Å². The molecule has 0 aliphatic rings. The molecule has 5 aromatic rings. The van der Waals surface area contributed by atoms with Crippen LogP contribution in [0.2, 0.25) is 0 Å². The van der Waals surface area contributed by atoms with Gasteiger partial charge in [0.25, 0.3) is 5.56 Å². The Morgan fingerprint density at radius 1 is 0.897 bits per heavy atom. The Balaban J connectivity index is 1.58. The number of nitrogens with two attached hydrogens (primary N) is 1. The van der Waals surface area contributed by atoms with Gasteiger partial charge in [-0.1, -0.05) is 12.1 Å². The number of ether oxygens (including phenoxy) is 1. The van der Waals surface area contributed by atoms with Crippen LogP contribution in [0.5, 0.6) is 17.2 Å². The molecule has 3 aromatic carbocycles. The second-order valence-corrected chi connectivity index (χ2v) is 6.66. The molecule has 142 valence electrons. The summed E-state index contributed by atoms with van der Waals surface area (Å²) in [5, 5.41) is 11.2. The van der Waals surface area contributed by atoms with Crippen molar-refractivity contribution in [2.24, 2.45) is 0 Å². The number of imidazole rings is 1.